The second kappa shape index (κ2) is 7.91. The molecule has 0 unspecified atom stereocenters. The van der Waals surface area contributed by atoms with Gasteiger partial charge in [0.25, 0.3) is 0 Å². The number of aliphatic imine (C=N–C) groups is 1. The first kappa shape index (κ1) is 13.5. The lowest BCUT2D eigenvalue weighted by Gasteiger charge is -1.98. The lowest BCUT2D eigenvalue weighted by atomic mass is 10.4. The van der Waals surface area contributed by atoms with Crippen LogP contribution in [-0.2, 0) is 0 Å². The van der Waals surface area contributed by atoms with Crippen LogP contribution in [-0.4, -0.2) is 14.8 Å². The zero-order valence-electron chi connectivity index (χ0n) is 9.56. The van der Waals surface area contributed by atoms with Crippen LogP contribution in [0.3, 0.4) is 0 Å². The van der Waals surface area contributed by atoms with Gasteiger partial charge in [-0.15, -0.1) is 0 Å². The van der Waals surface area contributed by atoms with Gasteiger partial charge in [0.2, 0.25) is 0 Å². The maximum Gasteiger partial charge on any atom is 0.0822 e. The molecule has 2 rings (SSSR count). The molecule has 0 saturated heterocycles. The summed E-state index contributed by atoms with van der Waals surface area (Å²) in [5.41, 5.74) is 1.28. The van der Waals surface area contributed by atoms with Crippen molar-refractivity contribution in [2.24, 2.45) is 4.99 Å². The van der Waals surface area contributed by atoms with E-state index >= 15 is 0 Å². The highest BCUT2D eigenvalue weighted by Gasteiger charge is 2.02. The maximum atomic E-state index is 4.26. The molecule has 1 aliphatic heterocycles. The van der Waals surface area contributed by atoms with E-state index in [1.165, 1.54) is 12.9 Å². The van der Waals surface area contributed by atoms with Crippen LogP contribution < -0.4 is 0 Å². The Labute approximate surface area is 96.6 Å². The fourth-order valence-corrected chi connectivity index (χ4v) is 2.89. The van der Waals surface area contributed by atoms with Gasteiger partial charge in [-0.1, -0.05) is 27.7 Å². The Kier molecular flexibility index (Phi) is 7.65. The quantitative estimate of drug-likeness (QED) is 0.707. The summed E-state index contributed by atoms with van der Waals surface area (Å²) in [7, 11) is 0. The second-order valence-electron chi connectivity index (χ2n) is 2.10. The molecule has 0 saturated carbocycles. The molecule has 2 heterocycles. The molecule has 0 bridgehead atoms. The van der Waals surface area contributed by atoms with E-state index in [0.29, 0.717) is 0 Å². The van der Waals surface area contributed by atoms with E-state index in [0.717, 1.165) is 0 Å². The molecule has 1 aromatic heterocycles. The van der Waals surface area contributed by atoms with Gasteiger partial charge in [-0.3, -0.25) is 4.99 Å². The highest BCUT2D eigenvalue weighted by atomic mass is 127. The van der Waals surface area contributed by atoms with Crippen molar-refractivity contribution in [3.05, 3.63) is 21.5 Å². The van der Waals surface area contributed by atoms with Crippen LogP contribution in [0.1, 0.15) is 40.2 Å². The molecule has 1 N–H and O–H groups in total. The first-order valence-corrected chi connectivity index (χ1v) is 7.22. The van der Waals surface area contributed by atoms with Gasteiger partial charge >= 0.3 is 0 Å². The Hall–Kier alpha value is -0.450. The minimum Gasteiger partial charge on any atom is -0.356 e. The standard InChI is InChI=1S/C7H7IN2.2C2H6/c1-5-8-7-6(4-10-5)2-3-9-7;2*1-2/h2-4,9H,1H3;2*1-2H3. The van der Waals surface area contributed by atoms with Crippen molar-refractivity contribution in [3.8, 4) is 0 Å². The molecule has 0 atom stereocenters. The fraction of sp³-hybridized carbons (Fsp3) is 0.455. The van der Waals surface area contributed by atoms with Gasteiger partial charge < -0.3 is 4.98 Å². The van der Waals surface area contributed by atoms with Gasteiger partial charge in [0.1, 0.15) is 0 Å². The Bertz CT molecular complexity index is 311. The molecule has 80 valence electrons. The zero-order valence-corrected chi connectivity index (χ0v) is 11.7. The number of fused-ring (bicyclic) bond motifs is 1. The van der Waals surface area contributed by atoms with Crippen LogP contribution in [0.25, 0.3) is 0 Å². The van der Waals surface area contributed by atoms with E-state index < -0.39 is 0 Å². The average molecular weight is 306 g/mol. The summed E-state index contributed by atoms with van der Waals surface area (Å²) in [6, 6.07) is 2.07. The van der Waals surface area contributed by atoms with Gasteiger partial charge in [-0.25, -0.2) is 0 Å². The maximum absolute atomic E-state index is 4.26. The molecule has 0 aromatic carbocycles. The average Bonchev–Trinajstić information content (AvgIpc) is 2.71. The van der Waals surface area contributed by atoms with Crippen molar-refractivity contribution in [2.75, 3.05) is 0 Å². The molecular weight excluding hydrogens is 287 g/mol. The molecule has 0 spiro atoms. The Morgan fingerprint density at radius 1 is 1.21 bits per heavy atom. The first-order valence-electron chi connectivity index (χ1n) is 5.06. The number of nitrogens with zero attached hydrogens (tertiary/aromatic N) is 1. The number of hydrogen-bond acceptors (Lipinski definition) is 1. The molecule has 14 heavy (non-hydrogen) atoms. The highest BCUT2D eigenvalue weighted by molar-refractivity contribution is 14.2. The number of aromatic amines is 1. The van der Waals surface area contributed by atoms with E-state index in [4.69, 9.17) is 0 Å². The normalized spacial score (nSPS) is 11.9. The molecule has 1 aliphatic rings. The van der Waals surface area contributed by atoms with E-state index in [1.54, 1.807) is 0 Å². The summed E-state index contributed by atoms with van der Waals surface area (Å²) in [6.45, 7) is 10.1. The third-order valence-electron chi connectivity index (χ3n) is 1.34. The van der Waals surface area contributed by atoms with E-state index in [2.05, 4.69) is 23.0 Å². The highest BCUT2D eigenvalue weighted by Crippen LogP contribution is 2.19. The smallest absolute Gasteiger partial charge is 0.0822 e. The largest absolute Gasteiger partial charge is 0.356 e. The number of nitrogens with one attached hydrogen (secondary N) is 1. The first-order chi connectivity index (χ1) is 6.86. The van der Waals surface area contributed by atoms with E-state index in [-0.39, 0.29) is 20.7 Å². The van der Waals surface area contributed by atoms with Crippen LogP contribution in [0, 0.1) is 3.70 Å². The van der Waals surface area contributed by atoms with Crippen molar-refractivity contribution in [1.29, 1.82) is 0 Å². The lowest BCUT2D eigenvalue weighted by Crippen LogP contribution is -1.93. The van der Waals surface area contributed by atoms with Crippen molar-refractivity contribution in [3.63, 3.8) is 0 Å². The number of rotatable bonds is 0. The number of hydrogen-bond donors (Lipinski definition) is 1. The molecule has 0 aliphatic carbocycles. The summed E-state index contributed by atoms with van der Waals surface area (Å²) >= 11 is 0.0330. The van der Waals surface area contributed by atoms with Crippen LogP contribution in [0.2, 0.25) is 0 Å². The van der Waals surface area contributed by atoms with Crippen molar-refractivity contribution < 1.29 is 0 Å². The van der Waals surface area contributed by atoms with Crippen molar-refractivity contribution in [1.82, 2.24) is 4.98 Å². The third-order valence-corrected chi connectivity index (χ3v) is 3.87. The van der Waals surface area contributed by atoms with Crippen molar-refractivity contribution >= 4 is 30.6 Å². The van der Waals surface area contributed by atoms with Gasteiger partial charge in [0.15, 0.2) is 0 Å². The monoisotopic (exact) mass is 306 g/mol. The van der Waals surface area contributed by atoms with Crippen LogP contribution in [0.5, 0.6) is 0 Å². The lowest BCUT2D eigenvalue weighted by molar-refractivity contribution is 1.35. The Morgan fingerprint density at radius 2 is 1.86 bits per heavy atom. The second-order valence-corrected chi connectivity index (χ2v) is 5.28. The van der Waals surface area contributed by atoms with Gasteiger partial charge in [0.05, 0.1) is 7.33 Å². The number of H-pyrrole nitrogens is 1. The van der Waals surface area contributed by atoms with Gasteiger partial charge in [-0.2, -0.15) is 0 Å². The summed E-state index contributed by atoms with van der Waals surface area (Å²) in [5, 5.41) is 0. The van der Waals surface area contributed by atoms with Crippen LogP contribution >= 0.6 is 20.7 Å². The van der Waals surface area contributed by atoms with Gasteiger partial charge in [-0.05, 0) is 33.7 Å². The van der Waals surface area contributed by atoms with Crippen molar-refractivity contribution in [2.45, 2.75) is 34.6 Å². The molecule has 1 aromatic rings. The summed E-state index contributed by atoms with van der Waals surface area (Å²) in [5.74, 6) is 0. The third kappa shape index (κ3) is 3.74. The zero-order chi connectivity index (χ0) is 11.0. The number of halogens is 1. The van der Waals surface area contributed by atoms with E-state index in [9.17, 15) is 0 Å². The topological polar surface area (TPSA) is 28.1 Å². The molecule has 0 fully saturated rings. The molecule has 0 radical (unpaired) electrons. The summed E-state index contributed by atoms with van der Waals surface area (Å²) in [6.07, 6.45) is 3.92. The minimum atomic E-state index is 0.0330. The SMILES string of the molecule is CC.CC.CC1=Ic2[nH]ccc2C=N1. The van der Waals surface area contributed by atoms with Crippen LogP contribution in [0.4, 0.5) is 0 Å². The number of aromatic nitrogens is 1. The van der Waals surface area contributed by atoms with Crippen LogP contribution in [0.15, 0.2) is 17.3 Å². The minimum absolute atomic E-state index is 0.0330. The summed E-state index contributed by atoms with van der Waals surface area (Å²) in [4.78, 5) is 7.49. The molecule has 0 amide bonds. The Balaban J connectivity index is 0.000000379. The predicted molar refractivity (Wildman–Crippen MR) is 74.5 cm³/mol. The molecular formula is C11H19IN2. The predicted octanol–water partition coefficient (Wildman–Crippen LogP) is 3.79. The fourth-order valence-electron chi connectivity index (χ4n) is 0.862. The molecule has 3 heteroatoms. The Morgan fingerprint density at radius 3 is 2.50 bits per heavy atom. The molecule has 2 nitrogen and oxygen atoms in total. The summed E-state index contributed by atoms with van der Waals surface area (Å²) < 4.78 is 2.68. The van der Waals surface area contributed by atoms with E-state index in [1.807, 2.05) is 40.1 Å². The van der Waals surface area contributed by atoms with Gasteiger partial charge in [0, 0.05) is 18.0 Å².